The van der Waals surface area contributed by atoms with E-state index in [9.17, 15) is 4.79 Å². The van der Waals surface area contributed by atoms with Crippen molar-refractivity contribution in [2.24, 2.45) is 0 Å². The molecule has 3 heteroatoms. The number of nitrogens with zero attached hydrogens (tertiary/aromatic N) is 2. The summed E-state index contributed by atoms with van der Waals surface area (Å²) < 4.78 is 1.77. The van der Waals surface area contributed by atoms with Crippen molar-refractivity contribution in [1.82, 2.24) is 9.78 Å². The molecule has 0 N–H and O–H groups in total. The molecule has 0 aliphatic rings. The molecule has 1 aromatic heterocycles. The van der Waals surface area contributed by atoms with E-state index in [0.717, 1.165) is 17.8 Å². The number of aryl methyl sites for hydroxylation is 2. The minimum atomic E-state index is 0.0854. The van der Waals surface area contributed by atoms with Crippen LogP contribution in [0.2, 0.25) is 0 Å². The number of hydrogen-bond acceptors (Lipinski definition) is 2. The predicted molar refractivity (Wildman–Crippen MR) is 42.6 cm³/mol. The summed E-state index contributed by atoms with van der Waals surface area (Å²) in [6.45, 7) is 6.22. The molecule has 0 atom stereocenters. The van der Waals surface area contributed by atoms with E-state index in [0.29, 0.717) is 0 Å². The van der Waals surface area contributed by atoms with Crippen LogP contribution in [-0.2, 0) is 6.54 Å². The van der Waals surface area contributed by atoms with E-state index in [-0.39, 0.29) is 5.78 Å². The molecule has 0 saturated carbocycles. The maximum Gasteiger partial charge on any atom is 0.163 e. The third-order valence-corrected chi connectivity index (χ3v) is 1.65. The average Bonchev–Trinajstić information content (AvgIpc) is 2.30. The highest BCUT2D eigenvalue weighted by atomic mass is 16.1. The predicted octanol–water partition coefficient (Wildman–Crippen LogP) is 1.41. The van der Waals surface area contributed by atoms with Crippen LogP contribution in [-0.4, -0.2) is 15.6 Å². The van der Waals surface area contributed by atoms with Gasteiger partial charge >= 0.3 is 0 Å². The van der Waals surface area contributed by atoms with Crippen LogP contribution < -0.4 is 0 Å². The number of Topliss-reactive ketones (excluding diaryl/α,β-unsaturated/α-hetero) is 1. The Labute approximate surface area is 66.0 Å². The van der Waals surface area contributed by atoms with Crippen LogP contribution in [0.3, 0.4) is 0 Å². The number of carbonyl (C=O) groups excluding carboxylic acids is 1. The number of ketones is 1. The van der Waals surface area contributed by atoms with Gasteiger partial charge in [0, 0.05) is 12.7 Å². The maximum absolute atomic E-state index is 10.9. The number of carbonyl (C=O) groups is 1. The van der Waals surface area contributed by atoms with Gasteiger partial charge in [-0.25, -0.2) is 0 Å². The summed E-state index contributed by atoms with van der Waals surface area (Å²) in [6, 6.07) is 0. The molecule has 0 unspecified atom stereocenters. The van der Waals surface area contributed by atoms with Gasteiger partial charge in [-0.2, -0.15) is 5.10 Å². The Morgan fingerprint density at radius 3 is 2.64 bits per heavy atom. The van der Waals surface area contributed by atoms with Gasteiger partial charge in [0.2, 0.25) is 0 Å². The van der Waals surface area contributed by atoms with Gasteiger partial charge in [-0.1, -0.05) is 0 Å². The highest BCUT2D eigenvalue weighted by Gasteiger charge is 2.06. The van der Waals surface area contributed by atoms with E-state index in [1.165, 1.54) is 0 Å². The highest BCUT2D eigenvalue weighted by molar-refractivity contribution is 5.94. The standard InChI is InChI=1S/C8H12N2O/c1-4-10-5-8(7(3)11)6(2)9-10/h5H,4H2,1-3H3. The second-order valence-electron chi connectivity index (χ2n) is 2.54. The fourth-order valence-corrected chi connectivity index (χ4v) is 1.03. The lowest BCUT2D eigenvalue weighted by Crippen LogP contribution is -1.93. The van der Waals surface area contributed by atoms with Crippen molar-refractivity contribution in [2.75, 3.05) is 0 Å². The second kappa shape index (κ2) is 2.86. The van der Waals surface area contributed by atoms with Crippen LogP contribution in [0.25, 0.3) is 0 Å². The SMILES string of the molecule is CCn1cc(C(C)=O)c(C)n1. The Morgan fingerprint density at radius 2 is 2.36 bits per heavy atom. The lowest BCUT2D eigenvalue weighted by molar-refractivity contribution is 0.101. The monoisotopic (exact) mass is 152 g/mol. The fourth-order valence-electron chi connectivity index (χ4n) is 1.03. The molecule has 0 fully saturated rings. The first-order valence-electron chi connectivity index (χ1n) is 3.70. The molecule has 0 saturated heterocycles. The van der Waals surface area contributed by atoms with Crippen LogP contribution in [0.4, 0.5) is 0 Å². The van der Waals surface area contributed by atoms with E-state index < -0.39 is 0 Å². The lowest BCUT2D eigenvalue weighted by Gasteiger charge is -1.89. The minimum absolute atomic E-state index is 0.0854. The molecule has 3 nitrogen and oxygen atoms in total. The number of hydrogen-bond donors (Lipinski definition) is 0. The molecule has 0 aliphatic carbocycles. The molecular weight excluding hydrogens is 140 g/mol. The Bertz CT molecular complexity index is 276. The first-order valence-corrected chi connectivity index (χ1v) is 3.70. The molecule has 0 aromatic carbocycles. The summed E-state index contributed by atoms with van der Waals surface area (Å²) in [7, 11) is 0. The van der Waals surface area contributed by atoms with Gasteiger partial charge in [0.05, 0.1) is 11.3 Å². The van der Waals surface area contributed by atoms with Crippen molar-refractivity contribution in [3.05, 3.63) is 17.5 Å². The highest BCUT2D eigenvalue weighted by Crippen LogP contribution is 2.05. The minimum Gasteiger partial charge on any atom is -0.294 e. The first-order chi connectivity index (χ1) is 5.15. The molecule has 0 aliphatic heterocycles. The second-order valence-corrected chi connectivity index (χ2v) is 2.54. The van der Waals surface area contributed by atoms with Gasteiger partial charge in [-0.15, -0.1) is 0 Å². The normalized spacial score (nSPS) is 10.1. The topological polar surface area (TPSA) is 34.9 Å². The quantitative estimate of drug-likeness (QED) is 0.600. The van der Waals surface area contributed by atoms with Gasteiger partial charge in [0.25, 0.3) is 0 Å². The molecule has 11 heavy (non-hydrogen) atoms. The van der Waals surface area contributed by atoms with Crippen molar-refractivity contribution in [1.29, 1.82) is 0 Å². The van der Waals surface area contributed by atoms with Crippen LogP contribution >= 0.6 is 0 Å². The summed E-state index contributed by atoms with van der Waals surface area (Å²) >= 11 is 0. The zero-order valence-electron chi connectivity index (χ0n) is 7.09. The van der Waals surface area contributed by atoms with Gasteiger partial charge in [0.1, 0.15) is 0 Å². The van der Waals surface area contributed by atoms with Crippen molar-refractivity contribution in [2.45, 2.75) is 27.3 Å². The summed E-state index contributed by atoms with van der Waals surface area (Å²) in [4.78, 5) is 10.9. The van der Waals surface area contributed by atoms with Gasteiger partial charge < -0.3 is 0 Å². The zero-order valence-corrected chi connectivity index (χ0v) is 7.09. The third kappa shape index (κ3) is 1.48. The molecule has 0 bridgehead atoms. The van der Waals surface area contributed by atoms with Crippen molar-refractivity contribution < 1.29 is 4.79 Å². The Hall–Kier alpha value is -1.12. The Balaban J connectivity index is 3.07. The van der Waals surface area contributed by atoms with E-state index in [2.05, 4.69) is 5.10 Å². The summed E-state index contributed by atoms with van der Waals surface area (Å²) in [5.74, 6) is 0.0854. The fraction of sp³-hybridized carbons (Fsp3) is 0.500. The van der Waals surface area contributed by atoms with Crippen LogP contribution in [0, 0.1) is 6.92 Å². The van der Waals surface area contributed by atoms with Crippen LogP contribution in [0.1, 0.15) is 29.9 Å². The largest absolute Gasteiger partial charge is 0.294 e. The van der Waals surface area contributed by atoms with E-state index in [1.807, 2.05) is 13.8 Å². The molecule has 60 valence electrons. The van der Waals surface area contributed by atoms with Crippen molar-refractivity contribution in [3.8, 4) is 0 Å². The van der Waals surface area contributed by atoms with Gasteiger partial charge in [-0.05, 0) is 20.8 Å². The average molecular weight is 152 g/mol. The van der Waals surface area contributed by atoms with Crippen molar-refractivity contribution >= 4 is 5.78 Å². The molecule has 1 aromatic rings. The Kier molecular flexibility index (Phi) is 2.08. The maximum atomic E-state index is 10.9. The molecule has 0 amide bonds. The third-order valence-electron chi connectivity index (χ3n) is 1.65. The molecule has 1 heterocycles. The van der Waals surface area contributed by atoms with E-state index >= 15 is 0 Å². The summed E-state index contributed by atoms with van der Waals surface area (Å²) in [5, 5.41) is 4.15. The van der Waals surface area contributed by atoms with Gasteiger partial charge in [0.15, 0.2) is 5.78 Å². The molecule has 1 rings (SSSR count). The summed E-state index contributed by atoms with van der Waals surface area (Å²) in [6.07, 6.45) is 1.79. The van der Waals surface area contributed by atoms with Crippen LogP contribution in [0.5, 0.6) is 0 Å². The van der Waals surface area contributed by atoms with E-state index in [1.54, 1.807) is 17.8 Å². The summed E-state index contributed by atoms with van der Waals surface area (Å²) in [5.41, 5.74) is 1.55. The smallest absolute Gasteiger partial charge is 0.163 e. The molecular formula is C8H12N2O. The number of rotatable bonds is 2. The van der Waals surface area contributed by atoms with Crippen molar-refractivity contribution in [3.63, 3.8) is 0 Å². The first kappa shape index (κ1) is 7.98. The lowest BCUT2D eigenvalue weighted by atomic mass is 10.2. The molecule has 0 spiro atoms. The zero-order chi connectivity index (χ0) is 8.43. The van der Waals surface area contributed by atoms with Crippen LogP contribution in [0.15, 0.2) is 6.20 Å². The Morgan fingerprint density at radius 1 is 1.73 bits per heavy atom. The number of aromatic nitrogens is 2. The van der Waals surface area contributed by atoms with E-state index in [4.69, 9.17) is 0 Å². The molecule has 0 radical (unpaired) electrons. The van der Waals surface area contributed by atoms with Gasteiger partial charge in [-0.3, -0.25) is 9.48 Å².